The van der Waals surface area contributed by atoms with Crippen molar-refractivity contribution in [3.05, 3.63) is 35.8 Å². The van der Waals surface area contributed by atoms with Crippen LogP contribution in [0.5, 0.6) is 0 Å². The Kier molecular flexibility index (Phi) is 4.04. The lowest BCUT2D eigenvalue weighted by molar-refractivity contribution is 0.724. The number of hydrogen-bond donors (Lipinski definition) is 2. The summed E-state index contributed by atoms with van der Waals surface area (Å²) in [4.78, 5) is 4.13. The summed E-state index contributed by atoms with van der Waals surface area (Å²) in [7, 11) is 1.91. The number of pyridine rings is 1. The number of hydrogen-bond acceptors (Lipinski definition) is 4. The molecule has 0 bridgehead atoms. The van der Waals surface area contributed by atoms with Gasteiger partial charge in [0.05, 0.1) is 17.4 Å². The Labute approximate surface area is 113 Å². The fourth-order valence-electron chi connectivity index (χ4n) is 2.11. The molecule has 0 aromatic carbocycles. The molecule has 2 heterocycles. The lowest BCUT2D eigenvalue weighted by Gasteiger charge is -2.15. The van der Waals surface area contributed by atoms with Gasteiger partial charge in [0, 0.05) is 19.4 Å². The Morgan fingerprint density at radius 2 is 2.26 bits per heavy atom. The smallest absolute Gasteiger partial charge is 0.148 e. The molecular formula is C14H21N5. The second-order valence-corrected chi connectivity index (χ2v) is 4.73. The van der Waals surface area contributed by atoms with E-state index in [4.69, 9.17) is 5.73 Å². The first-order chi connectivity index (χ1) is 9.13. The number of nitrogens with one attached hydrogen (secondary N) is 1. The molecule has 3 N–H and O–H groups in total. The monoisotopic (exact) mass is 259 g/mol. The zero-order valence-corrected chi connectivity index (χ0v) is 11.7. The Balaban J connectivity index is 2.19. The van der Waals surface area contributed by atoms with Gasteiger partial charge in [-0.3, -0.25) is 9.67 Å². The Bertz CT molecular complexity index is 532. The molecule has 5 nitrogen and oxygen atoms in total. The van der Waals surface area contributed by atoms with Gasteiger partial charge in [-0.25, -0.2) is 0 Å². The van der Waals surface area contributed by atoms with E-state index in [2.05, 4.69) is 29.2 Å². The second-order valence-electron chi connectivity index (χ2n) is 4.73. The molecule has 1 unspecified atom stereocenters. The van der Waals surface area contributed by atoms with Crippen LogP contribution in [0.4, 0.5) is 11.5 Å². The third-order valence-corrected chi connectivity index (χ3v) is 3.18. The first kappa shape index (κ1) is 13.4. The first-order valence-corrected chi connectivity index (χ1v) is 6.61. The number of rotatable bonds is 5. The van der Waals surface area contributed by atoms with E-state index in [1.807, 2.05) is 30.1 Å². The molecule has 0 aliphatic carbocycles. The number of aryl methyl sites for hydroxylation is 2. The van der Waals surface area contributed by atoms with Crippen molar-refractivity contribution in [3.8, 4) is 0 Å². The zero-order valence-electron chi connectivity index (χ0n) is 11.7. The van der Waals surface area contributed by atoms with E-state index >= 15 is 0 Å². The highest BCUT2D eigenvalue weighted by Gasteiger charge is 2.15. The minimum atomic E-state index is 0.140. The van der Waals surface area contributed by atoms with E-state index in [0.29, 0.717) is 0 Å². The van der Waals surface area contributed by atoms with Gasteiger partial charge in [-0.05, 0) is 25.0 Å². The lowest BCUT2D eigenvalue weighted by Crippen LogP contribution is -2.11. The third-order valence-electron chi connectivity index (χ3n) is 3.18. The molecule has 0 fully saturated rings. The van der Waals surface area contributed by atoms with Crippen LogP contribution >= 0.6 is 0 Å². The summed E-state index contributed by atoms with van der Waals surface area (Å²) in [5.74, 6) is 0.875. The minimum absolute atomic E-state index is 0.140. The molecular weight excluding hydrogens is 238 g/mol. The fraction of sp³-hybridized carbons (Fsp3) is 0.429. The van der Waals surface area contributed by atoms with E-state index in [1.165, 1.54) is 0 Å². The second kappa shape index (κ2) is 5.73. The van der Waals surface area contributed by atoms with Gasteiger partial charge in [-0.15, -0.1) is 0 Å². The van der Waals surface area contributed by atoms with Gasteiger partial charge in [0.25, 0.3) is 0 Å². The predicted molar refractivity (Wildman–Crippen MR) is 77.9 cm³/mol. The fourth-order valence-corrected chi connectivity index (χ4v) is 2.11. The highest BCUT2D eigenvalue weighted by atomic mass is 15.3. The van der Waals surface area contributed by atoms with E-state index in [-0.39, 0.29) is 6.04 Å². The topological polar surface area (TPSA) is 68.8 Å². The van der Waals surface area contributed by atoms with Crippen LogP contribution in [0, 0.1) is 0 Å². The summed E-state index contributed by atoms with van der Waals surface area (Å²) in [5, 5.41) is 7.87. The Morgan fingerprint density at radius 3 is 2.89 bits per heavy atom. The van der Waals surface area contributed by atoms with Gasteiger partial charge < -0.3 is 11.1 Å². The average Bonchev–Trinajstić information content (AvgIpc) is 2.68. The maximum absolute atomic E-state index is 6.16. The number of aromatic nitrogens is 3. The van der Waals surface area contributed by atoms with E-state index < -0.39 is 0 Å². The van der Waals surface area contributed by atoms with Crippen LogP contribution in [0.2, 0.25) is 0 Å². The van der Waals surface area contributed by atoms with E-state index in [9.17, 15) is 0 Å². The van der Waals surface area contributed by atoms with Crippen molar-refractivity contribution >= 4 is 11.5 Å². The molecule has 0 radical (unpaired) electrons. The maximum Gasteiger partial charge on any atom is 0.148 e. The van der Waals surface area contributed by atoms with Crippen LogP contribution < -0.4 is 11.1 Å². The maximum atomic E-state index is 6.16. The van der Waals surface area contributed by atoms with Crippen LogP contribution in [0.25, 0.3) is 0 Å². The zero-order chi connectivity index (χ0) is 13.8. The van der Waals surface area contributed by atoms with Crippen LogP contribution in [-0.2, 0) is 13.5 Å². The summed E-state index contributed by atoms with van der Waals surface area (Å²) < 4.78 is 1.81. The standard InChI is InChI=1S/C14H21N5/c1-4-6-12-13(15)14(19(3)18-12)17-10(2)11-7-5-8-16-9-11/h5,7-10,17H,4,6,15H2,1-3H3. The van der Waals surface area contributed by atoms with Gasteiger partial charge in [-0.2, -0.15) is 5.10 Å². The molecule has 19 heavy (non-hydrogen) atoms. The van der Waals surface area contributed by atoms with Crippen molar-refractivity contribution in [2.24, 2.45) is 7.05 Å². The van der Waals surface area contributed by atoms with Crippen molar-refractivity contribution in [1.29, 1.82) is 0 Å². The van der Waals surface area contributed by atoms with E-state index in [1.54, 1.807) is 6.20 Å². The normalized spacial score (nSPS) is 12.4. The molecule has 0 aliphatic rings. The molecule has 5 heteroatoms. The summed E-state index contributed by atoms with van der Waals surface area (Å²) >= 11 is 0. The quantitative estimate of drug-likeness (QED) is 0.865. The van der Waals surface area contributed by atoms with Crippen molar-refractivity contribution < 1.29 is 0 Å². The number of nitrogens with two attached hydrogens (primary N) is 1. The summed E-state index contributed by atoms with van der Waals surface area (Å²) in [6.07, 6.45) is 5.58. The first-order valence-electron chi connectivity index (χ1n) is 6.61. The minimum Gasteiger partial charge on any atom is -0.394 e. The van der Waals surface area contributed by atoms with Crippen molar-refractivity contribution in [3.63, 3.8) is 0 Å². The van der Waals surface area contributed by atoms with Crippen LogP contribution in [0.1, 0.15) is 37.6 Å². The van der Waals surface area contributed by atoms with E-state index in [0.717, 1.165) is 35.6 Å². The van der Waals surface area contributed by atoms with Crippen LogP contribution in [-0.4, -0.2) is 14.8 Å². The van der Waals surface area contributed by atoms with Crippen molar-refractivity contribution in [2.75, 3.05) is 11.1 Å². The highest BCUT2D eigenvalue weighted by Crippen LogP contribution is 2.26. The van der Waals surface area contributed by atoms with Gasteiger partial charge >= 0.3 is 0 Å². The van der Waals surface area contributed by atoms with Crippen LogP contribution in [0.3, 0.4) is 0 Å². The lowest BCUT2D eigenvalue weighted by atomic mass is 10.1. The Morgan fingerprint density at radius 1 is 1.47 bits per heavy atom. The van der Waals surface area contributed by atoms with Crippen LogP contribution in [0.15, 0.2) is 24.5 Å². The molecule has 0 aliphatic heterocycles. The molecule has 0 saturated heterocycles. The summed E-state index contributed by atoms with van der Waals surface area (Å²) in [6, 6.07) is 4.12. The summed E-state index contributed by atoms with van der Waals surface area (Å²) in [6.45, 7) is 4.21. The predicted octanol–water partition coefficient (Wildman–Crippen LogP) is 2.52. The molecule has 2 rings (SSSR count). The molecule has 102 valence electrons. The molecule has 1 atom stereocenters. The Hall–Kier alpha value is -2.04. The largest absolute Gasteiger partial charge is 0.394 e. The number of nitrogens with zero attached hydrogens (tertiary/aromatic N) is 3. The SMILES string of the molecule is CCCc1nn(C)c(NC(C)c2cccnc2)c1N. The van der Waals surface area contributed by atoms with Gasteiger partial charge in [0.1, 0.15) is 5.82 Å². The molecule has 2 aromatic heterocycles. The highest BCUT2D eigenvalue weighted by molar-refractivity contribution is 5.65. The van der Waals surface area contributed by atoms with Gasteiger partial charge in [-0.1, -0.05) is 19.4 Å². The van der Waals surface area contributed by atoms with Gasteiger partial charge in [0.2, 0.25) is 0 Å². The van der Waals surface area contributed by atoms with Crippen molar-refractivity contribution in [1.82, 2.24) is 14.8 Å². The van der Waals surface area contributed by atoms with Gasteiger partial charge in [0.15, 0.2) is 0 Å². The average molecular weight is 259 g/mol. The molecule has 0 amide bonds. The summed E-state index contributed by atoms with van der Waals surface area (Å²) in [5.41, 5.74) is 8.99. The molecule has 2 aromatic rings. The molecule has 0 saturated carbocycles. The van der Waals surface area contributed by atoms with Crippen molar-refractivity contribution in [2.45, 2.75) is 32.7 Å². The number of anilines is 2. The third kappa shape index (κ3) is 2.86. The number of nitrogen functional groups attached to an aromatic ring is 1. The molecule has 0 spiro atoms.